The average Bonchev–Trinajstić information content (AvgIpc) is 3.44. The van der Waals surface area contributed by atoms with Crippen molar-refractivity contribution in [3.05, 3.63) is 64.5 Å². The van der Waals surface area contributed by atoms with Gasteiger partial charge in [0.2, 0.25) is 11.9 Å². The number of anilines is 1. The first-order valence-electron chi connectivity index (χ1n) is 14.7. The number of fused-ring (bicyclic) bond motifs is 1. The number of nitrogens with one attached hydrogen (secondary N) is 1. The SMILES string of the molecule is CC=CC(=O)N1CCCCC(n2c(NC(=O)c3cc(C)nc(C)c3)nc3cc(CN4CCC(OC)C4)cc(C)c32)C1. The summed E-state index contributed by atoms with van der Waals surface area (Å²) in [6.07, 6.45) is 7.59. The van der Waals surface area contributed by atoms with E-state index in [-0.39, 0.29) is 24.0 Å². The first kappa shape index (κ1) is 29.0. The zero-order valence-electron chi connectivity index (χ0n) is 24.9. The summed E-state index contributed by atoms with van der Waals surface area (Å²) in [6.45, 7) is 11.8. The molecule has 1 N–H and O–H groups in total. The quantitative estimate of drug-likeness (QED) is 0.412. The Balaban J connectivity index is 1.54. The Hall–Kier alpha value is -3.56. The van der Waals surface area contributed by atoms with E-state index in [2.05, 4.69) is 38.8 Å². The van der Waals surface area contributed by atoms with E-state index < -0.39 is 0 Å². The molecule has 2 saturated heterocycles. The fraction of sp³-hybridized carbons (Fsp3) is 0.500. The lowest BCUT2D eigenvalue weighted by molar-refractivity contribution is -0.126. The first-order valence-corrected chi connectivity index (χ1v) is 14.7. The molecule has 9 heteroatoms. The number of hydrogen-bond acceptors (Lipinski definition) is 6. The fourth-order valence-electron chi connectivity index (χ4n) is 6.35. The highest BCUT2D eigenvalue weighted by Crippen LogP contribution is 2.33. The fourth-order valence-corrected chi connectivity index (χ4v) is 6.35. The van der Waals surface area contributed by atoms with Crippen molar-refractivity contribution >= 4 is 28.8 Å². The van der Waals surface area contributed by atoms with Gasteiger partial charge in [0.1, 0.15) is 0 Å². The van der Waals surface area contributed by atoms with Gasteiger partial charge >= 0.3 is 0 Å². The van der Waals surface area contributed by atoms with Crippen molar-refractivity contribution in [1.82, 2.24) is 24.3 Å². The van der Waals surface area contributed by atoms with Gasteiger partial charge in [0, 0.05) is 56.8 Å². The Morgan fingerprint density at radius 1 is 1.02 bits per heavy atom. The van der Waals surface area contributed by atoms with Crippen molar-refractivity contribution < 1.29 is 14.3 Å². The predicted molar refractivity (Wildman–Crippen MR) is 161 cm³/mol. The maximum atomic E-state index is 13.5. The molecule has 218 valence electrons. The lowest BCUT2D eigenvalue weighted by Gasteiger charge is -2.26. The number of rotatable bonds is 7. The number of amides is 2. The number of likely N-dealkylation sites (tertiary alicyclic amines) is 2. The smallest absolute Gasteiger partial charge is 0.258 e. The molecule has 4 heterocycles. The van der Waals surface area contributed by atoms with Gasteiger partial charge in [-0.3, -0.25) is 24.8 Å². The Morgan fingerprint density at radius 2 is 1.80 bits per heavy atom. The third-order valence-corrected chi connectivity index (χ3v) is 8.21. The summed E-state index contributed by atoms with van der Waals surface area (Å²) in [5.41, 5.74) is 6.31. The molecule has 2 aliphatic rings. The normalized spacial score (nSPS) is 20.2. The molecular weight excluding hydrogens is 516 g/mol. The minimum absolute atomic E-state index is 0.0153. The van der Waals surface area contributed by atoms with Gasteiger partial charge in [-0.1, -0.05) is 12.1 Å². The zero-order valence-corrected chi connectivity index (χ0v) is 24.9. The third-order valence-electron chi connectivity index (χ3n) is 8.21. The molecule has 2 fully saturated rings. The molecule has 0 aliphatic carbocycles. The molecule has 5 rings (SSSR count). The standard InChI is InChI=1S/C32H42N6O3/c1-6-9-29(39)37-12-8-7-10-26(19-37)38-30-21(2)14-24(18-36-13-11-27(20-36)41-5)17-28(30)34-32(38)35-31(40)25-15-22(3)33-23(4)16-25/h6,9,14-17,26-27H,7-8,10-13,18-20H2,1-5H3,(H,34,35,40). The second-order valence-electron chi connectivity index (χ2n) is 11.5. The summed E-state index contributed by atoms with van der Waals surface area (Å²) in [5.74, 6) is 0.325. The second-order valence-corrected chi connectivity index (χ2v) is 11.5. The van der Waals surface area contributed by atoms with Crippen LogP contribution in [0.25, 0.3) is 11.0 Å². The van der Waals surface area contributed by atoms with Crippen molar-refractivity contribution in [2.75, 3.05) is 38.6 Å². The Morgan fingerprint density at radius 3 is 2.51 bits per heavy atom. The summed E-state index contributed by atoms with van der Waals surface area (Å²) in [4.78, 5) is 40.2. The number of methoxy groups -OCH3 is 1. The molecule has 2 aromatic heterocycles. The van der Waals surface area contributed by atoms with Crippen LogP contribution in [0.5, 0.6) is 0 Å². The number of allylic oxidation sites excluding steroid dienone is 1. The monoisotopic (exact) mass is 558 g/mol. The molecule has 9 nitrogen and oxygen atoms in total. The molecule has 2 unspecified atom stereocenters. The van der Waals surface area contributed by atoms with Crippen molar-refractivity contribution in [3.63, 3.8) is 0 Å². The topological polar surface area (TPSA) is 92.6 Å². The zero-order chi connectivity index (χ0) is 29.1. The van der Waals surface area contributed by atoms with E-state index in [1.54, 1.807) is 31.4 Å². The Kier molecular flexibility index (Phi) is 8.85. The number of benzene rings is 1. The van der Waals surface area contributed by atoms with Gasteiger partial charge in [-0.25, -0.2) is 4.98 Å². The number of carbonyl (C=O) groups is 2. The van der Waals surface area contributed by atoms with E-state index in [4.69, 9.17) is 9.72 Å². The van der Waals surface area contributed by atoms with Crippen LogP contribution in [0.15, 0.2) is 36.4 Å². The molecule has 3 aromatic rings. The van der Waals surface area contributed by atoms with Gasteiger partial charge in [0.25, 0.3) is 5.91 Å². The van der Waals surface area contributed by atoms with Gasteiger partial charge in [-0.05, 0) is 88.8 Å². The van der Waals surface area contributed by atoms with Crippen LogP contribution in [0.3, 0.4) is 0 Å². The molecule has 0 spiro atoms. The highest BCUT2D eigenvalue weighted by molar-refractivity contribution is 6.04. The molecule has 2 aliphatic heterocycles. The number of aromatic nitrogens is 3. The van der Waals surface area contributed by atoms with Gasteiger partial charge in [-0.2, -0.15) is 0 Å². The molecule has 0 radical (unpaired) electrons. The highest BCUT2D eigenvalue weighted by Gasteiger charge is 2.28. The van der Waals surface area contributed by atoms with Gasteiger partial charge in [0.05, 0.1) is 23.2 Å². The summed E-state index contributed by atoms with van der Waals surface area (Å²) >= 11 is 0. The molecule has 0 bridgehead atoms. The van der Waals surface area contributed by atoms with Gasteiger partial charge < -0.3 is 14.2 Å². The van der Waals surface area contributed by atoms with Crippen LogP contribution in [-0.2, 0) is 16.1 Å². The van der Waals surface area contributed by atoms with E-state index in [1.807, 2.05) is 25.7 Å². The van der Waals surface area contributed by atoms with E-state index in [1.165, 1.54) is 5.56 Å². The van der Waals surface area contributed by atoms with Crippen molar-refractivity contribution in [2.24, 2.45) is 0 Å². The molecule has 2 amide bonds. The van der Waals surface area contributed by atoms with Crippen LogP contribution in [0.4, 0.5) is 5.95 Å². The van der Waals surface area contributed by atoms with Gasteiger partial charge in [0.15, 0.2) is 0 Å². The lowest BCUT2D eigenvalue weighted by Crippen LogP contribution is -2.34. The number of pyridine rings is 1. The van der Waals surface area contributed by atoms with E-state index in [0.29, 0.717) is 18.1 Å². The van der Waals surface area contributed by atoms with Crippen LogP contribution in [0.2, 0.25) is 0 Å². The van der Waals surface area contributed by atoms with Gasteiger partial charge in [-0.15, -0.1) is 0 Å². The summed E-state index contributed by atoms with van der Waals surface area (Å²) in [5, 5.41) is 3.13. The maximum absolute atomic E-state index is 13.5. The molecular formula is C32H42N6O3. The van der Waals surface area contributed by atoms with Crippen LogP contribution >= 0.6 is 0 Å². The van der Waals surface area contributed by atoms with Crippen molar-refractivity contribution in [2.45, 2.75) is 72.1 Å². The number of ether oxygens (including phenoxy) is 1. The molecule has 0 saturated carbocycles. The number of hydrogen-bond donors (Lipinski definition) is 1. The molecule has 1 aromatic carbocycles. The van der Waals surface area contributed by atoms with Crippen LogP contribution in [-0.4, -0.2) is 75.5 Å². The largest absolute Gasteiger partial charge is 0.380 e. The summed E-state index contributed by atoms with van der Waals surface area (Å²) < 4.78 is 7.74. The van der Waals surface area contributed by atoms with Crippen molar-refractivity contribution in [3.8, 4) is 0 Å². The second kappa shape index (κ2) is 12.5. The first-order chi connectivity index (χ1) is 19.7. The molecule has 41 heavy (non-hydrogen) atoms. The number of carbonyl (C=O) groups excluding carboxylic acids is 2. The minimum atomic E-state index is -0.217. The van der Waals surface area contributed by atoms with Crippen LogP contribution in [0, 0.1) is 20.8 Å². The lowest BCUT2D eigenvalue weighted by atomic mass is 10.1. The van der Waals surface area contributed by atoms with Crippen LogP contribution < -0.4 is 5.32 Å². The summed E-state index contributed by atoms with van der Waals surface area (Å²) in [7, 11) is 1.78. The van der Waals surface area contributed by atoms with Crippen molar-refractivity contribution in [1.29, 1.82) is 0 Å². The van der Waals surface area contributed by atoms with E-state index >= 15 is 0 Å². The third kappa shape index (κ3) is 6.52. The Labute approximate surface area is 242 Å². The molecule has 2 atom stereocenters. The maximum Gasteiger partial charge on any atom is 0.258 e. The predicted octanol–water partition coefficient (Wildman–Crippen LogP) is 4.96. The Bertz CT molecular complexity index is 1440. The highest BCUT2D eigenvalue weighted by atomic mass is 16.5. The van der Waals surface area contributed by atoms with Crippen LogP contribution in [0.1, 0.15) is 71.5 Å². The summed E-state index contributed by atoms with van der Waals surface area (Å²) in [6, 6.07) is 7.96. The number of imidazole rings is 1. The van der Waals surface area contributed by atoms with E-state index in [9.17, 15) is 9.59 Å². The number of aryl methyl sites for hydroxylation is 3. The van der Waals surface area contributed by atoms with E-state index in [0.717, 1.165) is 79.8 Å². The minimum Gasteiger partial charge on any atom is -0.380 e. The average molecular weight is 559 g/mol. The number of nitrogens with zero attached hydrogens (tertiary/aromatic N) is 5.